The van der Waals surface area contributed by atoms with Crippen LogP contribution in [0, 0.1) is 0 Å². The van der Waals surface area contributed by atoms with Crippen molar-refractivity contribution < 1.29 is 0 Å². The van der Waals surface area contributed by atoms with E-state index < -0.39 is 0 Å². The summed E-state index contributed by atoms with van der Waals surface area (Å²) >= 11 is 0. The van der Waals surface area contributed by atoms with Gasteiger partial charge in [0.05, 0.1) is 0 Å². The molecule has 0 radical (unpaired) electrons. The fraction of sp³-hybridized carbons (Fsp3) is 0.500. The van der Waals surface area contributed by atoms with E-state index in [0.29, 0.717) is 0 Å². The molecule has 1 aliphatic carbocycles. The van der Waals surface area contributed by atoms with Crippen LogP contribution in [0.5, 0.6) is 0 Å². The van der Waals surface area contributed by atoms with E-state index in [1.165, 1.54) is 18.4 Å². The van der Waals surface area contributed by atoms with Gasteiger partial charge in [-0.15, -0.1) is 0 Å². The minimum absolute atomic E-state index is 0.950. The van der Waals surface area contributed by atoms with Gasteiger partial charge >= 0.3 is 0 Å². The first kappa shape index (κ1) is 6.13. The molecule has 2 aliphatic rings. The molecule has 0 atom stereocenters. The zero-order chi connectivity index (χ0) is 6.97. The van der Waals surface area contributed by atoms with E-state index in [2.05, 4.69) is 12.2 Å². The van der Waals surface area contributed by atoms with Crippen molar-refractivity contribution in [3.8, 4) is 0 Å². The molecule has 1 heterocycles. The Morgan fingerprint density at radius 3 is 3.10 bits per heavy atom. The van der Waals surface area contributed by atoms with Gasteiger partial charge in [0.2, 0.25) is 0 Å². The predicted octanol–water partition coefficient (Wildman–Crippen LogP) is 0.822. The zero-order valence-corrected chi connectivity index (χ0v) is 6.01. The highest BCUT2D eigenvalue weighted by Crippen LogP contribution is 2.24. The molecule has 2 rings (SSSR count). The van der Waals surface area contributed by atoms with Gasteiger partial charge in [-0.1, -0.05) is 12.2 Å². The number of nitrogens with two attached hydrogens (primary N) is 1. The van der Waals surface area contributed by atoms with Gasteiger partial charge in [-0.25, -0.2) is 5.01 Å². The Hall–Kier alpha value is -0.600. The lowest BCUT2D eigenvalue weighted by molar-refractivity contribution is 0.361. The van der Waals surface area contributed by atoms with Gasteiger partial charge in [-0.3, -0.25) is 5.84 Å². The third-order valence-corrected chi connectivity index (χ3v) is 2.15. The number of hydrogen-bond acceptors (Lipinski definition) is 2. The number of hydrazine groups is 1. The lowest BCUT2D eigenvalue weighted by Gasteiger charge is -2.05. The maximum Gasteiger partial charge on any atom is 0.0382 e. The van der Waals surface area contributed by atoms with Gasteiger partial charge in [0, 0.05) is 13.1 Å². The van der Waals surface area contributed by atoms with Gasteiger partial charge in [0.1, 0.15) is 0 Å². The standard InChI is InChI=1S/C8H12N2/c9-10-5-7-3-1-2-4-8(7)6-10/h1,3H,2,4-6,9H2. The topological polar surface area (TPSA) is 29.3 Å². The van der Waals surface area contributed by atoms with E-state index in [0.717, 1.165) is 13.1 Å². The minimum Gasteiger partial charge on any atom is -0.268 e. The molecule has 0 fully saturated rings. The van der Waals surface area contributed by atoms with Crippen LogP contribution >= 0.6 is 0 Å². The molecule has 0 aromatic rings. The van der Waals surface area contributed by atoms with E-state index in [1.54, 1.807) is 5.57 Å². The summed E-state index contributed by atoms with van der Waals surface area (Å²) in [5.41, 5.74) is 3.00. The van der Waals surface area contributed by atoms with Crippen LogP contribution in [0.3, 0.4) is 0 Å². The first-order chi connectivity index (χ1) is 4.86. The van der Waals surface area contributed by atoms with Crippen molar-refractivity contribution in [1.29, 1.82) is 0 Å². The summed E-state index contributed by atoms with van der Waals surface area (Å²) in [5.74, 6) is 5.65. The van der Waals surface area contributed by atoms with Gasteiger partial charge < -0.3 is 0 Å². The number of allylic oxidation sites excluding steroid dienone is 1. The van der Waals surface area contributed by atoms with Crippen LogP contribution in [0.25, 0.3) is 0 Å². The van der Waals surface area contributed by atoms with Crippen molar-refractivity contribution in [2.24, 2.45) is 5.84 Å². The number of nitrogens with zero attached hydrogens (tertiary/aromatic N) is 1. The Morgan fingerprint density at radius 1 is 1.40 bits per heavy atom. The first-order valence-corrected chi connectivity index (χ1v) is 3.73. The van der Waals surface area contributed by atoms with E-state index in [9.17, 15) is 0 Å². The van der Waals surface area contributed by atoms with E-state index in [-0.39, 0.29) is 0 Å². The van der Waals surface area contributed by atoms with Crippen molar-refractivity contribution in [2.45, 2.75) is 12.8 Å². The van der Waals surface area contributed by atoms with E-state index in [1.807, 2.05) is 5.01 Å². The second-order valence-corrected chi connectivity index (χ2v) is 2.97. The van der Waals surface area contributed by atoms with Crippen LogP contribution in [0.15, 0.2) is 23.3 Å². The van der Waals surface area contributed by atoms with E-state index in [4.69, 9.17) is 5.84 Å². The highest BCUT2D eigenvalue weighted by atomic mass is 15.4. The van der Waals surface area contributed by atoms with Gasteiger partial charge in [-0.2, -0.15) is 0 Å². The van der Waals surface area contributed by atoms with Gasteiger partial charge in [-0.05, 0) is 24.0 Å². The fourth-order valence-corrected chi connectivity index (χ4v) is 1.63. The molecule has 2 N–H and O–H groups in total. The Morgan fingerprint density at radius 2 is 2.30 bits per heavy atom. The van der Waals surface area contributed by atoms with Gasteiger partial charge in [0.25, 0.3) is 0 Å². The summed E-state index contributed by atoms with van der Waals surface area (Å²) in [6.45, 7) is 1.94. The predicted molar refractivity (Wildman–Crippen MR) is 41.2 cm³/mol. The molecule has 0 bridgehead atoms. The normalized spacial score (nSPS) is 25.7. The van der Waals surface area contributed by atoms with Gasteiger partial charge in [0.15, 0.2) is 0 Å². The first-order valence-electron chi connectivity index (χ1n) is 3.73. The zero-order valence-electron chi connectivity index (χ0n) is 6.01. The molecule has 0 saturated carbocycles. The maximum absolute atomic E-state index is 5.65. The van der Waals surface area contributed by atoms with Crippen molar-refractivity contribution in [1.82, 2.24) is 5.01 Å². The molecular formula is C8H12N2. The highest BCUT2D eigenvalue weighted by Gasteiger charge is 2.18. The summed E-state index contributed by atoms with van der Waals surface area (Å²) in [6, 6.07) is 0. The highest BCUT2D eigenvalue weighted by molar-refractivity contribution is 5.34. The molecule has 0 aromatic carbocycles. The average Bonchev–Trinajstić information content (AvgIpc) is 2.27. The molecule has 10 heavy (non-hydrogen) atoms. The molecule has 54 valence electrons. The molecule has 0 amide bonds. The second kappa shape index (κ2) is 2.22. The molecule has 0 unspecified atom stereocenters. The van der Waals surface area contributed by atoms with Crippen LogP contribution in [0.2, 0.25) is 0 Å². The molecule has 0 spiro atoms. The van der Waals surface area contributed by atoms with Crippen molar-refractivity contribution in [2.75, 3.05) is 13.1 Å². The summed E-state index contributed by atoms with van der Waals surface area (Å²) < 4.78 is 0. The monoisotopic (exact) mass is 136 g/mol. The molecular weight excluding hydrogens is 124 g/mol. The molecule has 2 heteroatoms. The van der Waals surface area contributed by atoms with Crippen LogP contribution < -0.4 is 5.84 Å². The summed E-state index contributed by atoms with van der Waals surface area (Å²) in [7, 11) is 0. The molecule has 2 nitrogen and oxygen atoms in total. The minimum atomic E-state index is 0.950. The summed E-state index contributed by atoms with van der Waals surface area (Å²) in [5, 5.41) is 1.88. The maximum atomic E-state index is 5.65. The summed E-state index contributed by atoms with van der Waals surface area (Å²) in [4.78, 5) is 0. The average molecular weight is 136 g/mol. The van der Waals surface area contributed by atoms with Crippen LogP contribution in [0.4, 0.5) is 0 Å². The van der Waals surface area contributed by atoms with E-state index >= 15 is 0 Å². The number of rotatable bonds is 0. The van der Waals surface area contributed by atoms with Crippen molar-refractivity contribution in [3.63, 3.8) is 0 Å². The summed E-state index contributed by atoms with van der Waals surface area (Å²) in [6.07, 6.45) is 6.87. The quantitative estimate of drug-likeness (QED) is 0.500. The van der Waals surface area contributed by atoms with Crippen LogP contribution in [-0.2, 0) is 0 Å². The molecule has 0 saturated heterocycles. The third kappa shape index (κ3) is 0.895. The Balaban J connectivity index is 2.21. The van der Waals surface area contributed by atoms with Crippen LogP contribution in [0.1, 0.15) is 12.8 Å². The fourth-order valence-electron chi connectivity index (χ4n) is 1.63. The lowest BCUT2D eigenvalue weighted by atomic mass is 10.0. The molecule has 0 aromatic heterocycles. The Labute approximate surface area is 61.0 Å². The Kier molecular flexibility index (Phi) is 1.36. The second-order valence-electron chi connectivity index (χ2n) is 2.97. The van der Waals surface area contributed by atoms with Crippen molar-refractivity contribution in [3.05, 3.63) is 23.3 Å². The third-order valence-electron chi connectivity index (χ3n) is 2.15. The molecule has 1 aliphatic heterocycles. The number of hydrogen-bond donors (Lipinski definition) is 1. The lowest BCUT2D eigenvalue weighted by Crippen LogP contribution is -2.28. The largest absolute Gasteiger partial charge is 0.268 e. The van der Waals surface area contributed by atoms with Crippen molar-refractivity contribution >= 4 is 0 Å². The van der Waals surface area contributed by atoms with Crippen LogP contribution in [-0.4, -0.2) is 18.1 Å². The Bertz CT molecular complexity index is 203. The smallest absolute Gasteiger partial charge is 0.0382 e. The SMILES string of the molecule is NN1CC2=C(CCC=C2)C1.